The largest absolute Gasteiger partial charge is 0.376 e. The van der Waals surface area contributed by atoms with Gasteiger partial charge in [0, 0.05) is 12.2 Å². The van der Waals surface area contributed by atoms with Gasteiger partial charge < -0.3 is 10.6 Å². The van der Waals surface area contributed by atoms with E-state index in [2.05, 4.69) is 10.6 Å². The number of amides is 1. The van der Waals surface area contributed by atoms with Gasteiger partial charge in [-0.05, 0) is 17.7 Å². The molecule has 0 aliphatic rings. The van der Waals surface area contributed by atoms with Crippen LogP contribution in [0.1, 0.15) is 5.56 Å². The zero-order valence-electron chi connectivity index (χ0n) is 11.0. The van der Waals surface area contributed by atoms with Crippen LogP contribution in [-0.2, 0) is 11.3 Å². The van der Waals surface area contributed by atoms with E-state index in [1.807, 2.05) is 30.3 Å². The van der Waals surface area contributed by atoms with Crippen molar-refractivity contribution in [2.75, 3.05) is 11.9 Å². The first-order valence-corrected chi connectivity index (χ1v) is 7.01. The molecular formula is C15H13Cl2FN2O. The molecule has 2 N–H and O–H groups in total. The fraction of sp³-hybridized carbons (Fsp3) is 0.133. The Labute approximate surface area is 132 Å². The van der Waals surface area contributed by atoms with Crippen LogP contribution in [0.15, 0.2) is 42.5 Å². The lowest BCUT2D eigenvalue weighted by Crippen LogP contribution is -2.29. The molecule has 0 saturated heterocycles. The van der Waals surface area contributed by atoms with Crippen molar-refractivity contribution < 1.29 is 9.18 Å². The Balaban J connectivity index is 1.84. The minimum absolute atomic E-state index is 0.0467. The van der Waals surface area contributed by atoms with Gasteiger partial charge in [0.1, 0.15) is 0 Å². The predicted octanol–water partition coefficient (Wildman–Crippen LogP) is 3.86. The molecule has 0 heterocycles. The van der Waals surface area contributed by atoms with Crippen LogP contribution in [0.25, 0.3) is 0 Å². The van der Waals surface area contributed by atoms with Gasteiger partial charge in [-0.2, -0.15) is 0 Å². The number of carbonyl (C=O) groups is 1. The molecule has 0 aliphatic carbocycles. The van der Waals surface area contributed by atoms with Gasteiger partial charge in [-0.15, -0.1) is 0 Å². The summed E-state index contributed by atoms with van der Waals surface area (Å²) >= 11 is 11.4. The van der Waals surface area contributed by atoms with Gasteiger partial charge >= 0.3 is 0 Å². The molecule has 1 amide bonds. The summed E-state index contributed by atoms with van der Waals surface area (Å²) in [5, 5.41) is 5.43. The lowest BCUT2D eigenvalue weighted by Gasteiger charge is -2.09. The molecule has 6 heteroatoms. The number of rotatable bonds is 5. The molecule has 0 saturated carbocycles. The molecule has 0 atom stereocenters. The second kappa shape index (κ2) is 7.29. The van der Waals surface area contributed by atoms with Crippen LogP contribution in [0.2, 0.25) is 10.0 Å². The first kappa shape index (κ1) is 15.6. The Morgan fingerprint density at radius 3 is 2.33 bits per heavy atom. The summed E-state index contributed by atoms with van der Waals surface area (Å²) in [4.78, 5) is 11.7. The third-order valence-corrected chi connectivity index (χ3v) is 3.32. The molecule has 0 fully saturated rings. The number of hydrogen-bond acceptors (Lipinski definition) is 2. The Morgan fingerprint density at radius 2 is 1.71 bits per heavy atom. The highest BCUT2D eigenvalue weighted by Crippen LogP contribution is 2.27. The Bertz CT molecular complexity index is 612. The molecule has 0 aromatic heterocycles. The number of halogens is 3. The first-order chi connectivity index (χ1) is 10.1. The summed E-state index contributed by atoms with van der Waals surface area (Å²) in [5.41, 5.74) is 1.50. The molecule has 2 aromatic rings. The second-order valence-corrected chi connectivity index (χ2v) is 5.18. The molecule has 0 spiro atoms. The van der Waals surface area contributed by atoms with Gasteiger partial charge in [-0.3, -0.25) is 4.79 Å². The van der Waals surface area contributed by atoms with Crippen LogP contribution >= 0.6 is 23.2 Å². The van der Waals surface area contributed by atoms with E-state index in [-0.39, 0.29) is 22.5 Å². The summed E-state index contributed by atoms with van der Waals surface area (Å²) < 4.78 is 13.2. The number of nitrogens with one attached hydrogen (secondary N) is 2. The monoisotopic (exact) mass is 326 g/mol. The molecule has 2 aromatic carbocycles. The van der Waals surface area contributed by atoms with Crippen LogP contribution in [-0.4, -0.2) is 12.5 Å². The van der Waals surface area contributed by atoms with E-state index in [1.54, 1.807) is 0 Å². The number of benzene rings is 2. The zero-order valence-corrected chi connectivity index (χ0v) is 12.5. The van der Waals surface area contributed by atoms with E-state index in [4.69, 9.17) is 23.2 Å². The number of carbonyl (C=O) groups excluding carboxylic acids is 1. The van der Waals surface area contributed by atoms with E-state index in [9.17, 15) is 9.18 Å². The van der Waals surface area contributed by atoms with Crippen LogP contribution < -0.4 is 10.6 Å². The average molecular weight is 327 g/mol. The van der Waals surface area contributed by atoms with Gasteiger partial charge in [-0.25, -0.2) is 4.39 Å². The van der Waals surface area contributed by atoms with E-state index < -0.39 is 5.82 Å². The van der Waals surface area contributed by atoms with Gasteiger partial charge in [0.2, 0.25) is 5.91 Å². The van der Waals surface area contributed by atoms with Gasteiger partial charge in [0.25, 0.3) is 0 Å². The minimum atomic E-state index is -0.669. The highest BCUT2D eigenvalue weighted by molar-refractivity contribution is 6.35. The first-order valence-electron chi connectivity index (χ1n) is 6.25. The van der Waals surface area contributed by atoms with Crippen molar-refractivity contribution in [1.82, 2.24) is 5.32 Å². The fourth-order valence-corrected chi connectivity index (χ4v) is 2.19. The maximum atomic E-state index is 13.2. The van der Waals surface area contributed by atoms with Crippen molar-refractivity contribution in [3.8, 4) is 0 Å². The lowest BCUT2D eigenvalue weighted by atomic mass is 10.2. The lowest BCUT2D eigenvalue weighted by molar-refractivity contribution is -0.119. The van der Waals surface area contributed by atoms with E-state index in [1.165, 1.54) is 12.1 Å². The Kier molecular flexibility index (Phi) is 5.42. The average Bonchev–Trinajstić information content (AvgIpc) is 2.49. The van der Waals surface area contributed by atoms with Crippen LogP contribution in [0, 0.1) is 5.82 Å². The standard InChI is InChI=1S/C15H13Cl2FN2O/c16-12-6-11(7-13(17)15(12)18)19-9-14(21)20-8-10-4-2-1-3-5-10/h1-7,19H,8-9H2,(H,20,21). The maximum absolute atomic E-state index is 13.2. The van der Waals surface area contributed by atoms with Crippen molar-refractivity contribution in [3.63, 3.8) is 0 Å². The van der Waals surface area contributed by atoms with Crippen molar-refractivity contribution in [3.05, 3.63) is 63.9 Å². The summed E-state index contributed by atoms with van der Waals surface area (Å²) in [6.45, 7) is 0.497. The Hall–Kier alpha value is -1.78. The number of hydrogen-bond donors (Lipinski definition) is 2. The molecule has 0 aliphatic heterocycles. The maximum Gasteiger partial charge on any atom is 0.239 e. The zero-order chi connectivity index (χ0) is 15.2. The molecule has 21 heavy (non-hydrogen) atoms. The summed E-state index contributed by atoms with van der Waals surface area (Å²) in [5.74, 6) is -0.854. The van der Waals surface area contributed by atoms with Gasteiger partial charge in [0.15, 0.2) is 5.82 Å². The molecule has 0 radical (unpaired) electrons. The van der Waals surface area contributed by atoms with Gasteiger partial charge in [-0.1, -0.05) is 53.5 Å². The van der Waals surface area contributed by atoms with Crippen molar-refractivity contribution >= 4 is 34.8 Å². The highest BCUT2D eigenvalue weighted by atomic mass is 35.5. The quantitative estimate of drug-likeness (QED) is 0.819. The predicted molar refractivity (Wildman–Crippen MR) is 83.2 cm³/mol. The van der Waals surface area contributed by atoms with Crippen molar-refractivity contribution in [1.29, 1.82) is 0 Å². The SMILES string of the molecule is O=C(CNc1cc(Cl)c(F)c(Cl)c1)NCc1ccccc1. The highest BCUT2D eigenvalue weighted by Gasteiger charge is 2.08. The molecule has 2 rings (SSSR count). The van der Waals surface area contributed by atoms with Crippen molar-refractivity contribution in [2.45, 2.75) is 6.54 Å². The topological polar surface area (TPSA) is 41.1 Å². The molecule has 0 bridgehead atoms. The summed E-state index contributed by atoms with van der Waals surface area (Å²) in [6.07, 6.45) is 0. The second-order valence-electron chi connectivity index (χ2n) is 4.37. The molecular weight excluding hydrogens is 314 g/mol. The molecule has 0 unspecified atom stereocenters. The van der Waals surface area contributed by atoms with E-state index >= 15 is 0 Å². The minimum Gasteiger partial charge on any atom is -0.376 e. The summed E-state index contributed by atoms with van der Waals surface area (Å²) in [6, 6.07) is 12.3. The fourth-order valence-electron chi connectivity index (χ4n) is 1.70. The van der Waals surface area contributed by atoms with Crippen molar-refractivity contribution in [2.24, 2.45) is 0 Å². The van der Waals surface area contributed by atoms with E-state index in [0.717, 1.165) is 5.56 Å². The Morgan fingerprint density at radius 1 is 1.10 bits per heavy atom. The van der Waals surface area contributed by atoms with Crippen LogP contribution in [0.3, 0.4) is 0 Å². The smallest absolute Gasteiger partial charge is 0.239 e. The van der Waals surface area contributed by atoms with Crippen LogP contribution in [0.5, 0.6) is 0 Å². The molecule has 3 nitrogen and oxygen atoms in total. The molecule has 110 valence electrons. The third kappa shape index (κ3) is 4.62. The summed E-state index contributed by atoms with van der Waals surface area (Å²) in [7, 11) is 0. The normalized spacial score (nSPS) is 10.2. The third-order valence-electron chi connectivity index (χ3n) is 2.77. The van der Waals surface area contributed by atoms with Crippen LogP contribution in [0.4, 0.5) is 10.1 Å². The van der Waals surface area contributed by atoms with Gasteiger partial charge in [0.05, 0.1) is 16.6 Å². The van der Waals surface area contributed by atoms with E-state index in [0.29, 0.717) is 12.2 Å². The number of anilines is 1.